The molecular formula is C20H26N2O2. The topological polar surface area (TPSA) is 45.5 Å². The second-order valence-electron chi connectivity index (χ2n) is 6.88. The smallest absolute Gasteiger partial charge is 0.257 e. The Morgan fingerprint density at radius 2 is 1.88 bits per heavy atom. The SMILES string of the molecule is CC(C)[C@@H](NC1CCN(C(=O)c2ccoc2)CC1)c1ccccc1. The van der Waals surface area contributed by atoms with Gasteiger partial charge in [-0.3, -0.25) is 4.79 Å². The van der Waals surface area contributed by atoms with Gasteiger partial charge < -0.3 is 14.6 Å². The van der Waals surface area contributed by atoms with Crippen LogP contribution in [0.1, 0.15) is 48.7 Å². The first-order valence-corrected chi connectivity index (χ1v) is 8.77. The summed E-state index contributed by atoms with van der Waals surface area (Å²) in [7, 11) is 0. The van der Waals surface area contributed by atoms with Crippen molar-refractivity contribution in [2.24, 2.45) is 5.92 Å². The first-order valence-electron chi connectivity index (χ1n) is 8.77. The maximum atomic E-state index is 12.4. The fourth-order valence-electron chi connectivity index (χ4n) is 3.41. The number of amides is 1. The number of hydrogen-bond acceptors (Lipinski definition) is 3. The highest BCUT2D eigenvalue weighted by molar-refractivity contribution is 5.93. The van der Waals surface area contributed by atoms with Crippen molar-refractivity contribution >= 4 is 5.91 Å². The number of benzene rings is 1. The van der Waals surface area contributed by atoms with E-state index in [2.05, 4.69) is 49.5 Å². The predicted molar refractivity (Wildman–Crippen MR) is 94.8 cm³/mol. The van der Waals surface area contributed by atoms with Crippen molar-refractivity contribution in [1.82, 2.24) is 10.2 Å². The molecule has 0 radical (unpaired) electrons. The molecule has 128 valence electrons. The lowest BCUT2D eigenvalue weighted by atomic mass is 9.93. The number of furan rings is 1. The van der Waals surface area contributed by atoms with Crippen LogP contribution in [0.3, 0.4) is 0 Å². The second-order valence-corrected chi connectivity index (χ2v) is 6.88. The Kier molecular flexibility index (Phi) is 5.36. The Morgan fingerprint density at radius 1 is 1.17 bits per heavy atom. The molecule has 0 spiro atoms. The van der Waals surface area contributed by atoms with Crippen LogP contribution in [0.2, 0.25) is 0 Å². The lowest BCUT2D eigenvalue weighted by Gasteiger charge is -2.35. The molecule has 1 saturated heterocycles. The van der Waals surface area contributed by atoms with Crippen LogP contribution in [0, 0.1) is 5.92 Å². The third-order valence-electron chi connectivity index (χ3n) is 4.79. The zero-order valence-corrected chi connectivity index (χ0v) is 14.4. The van der Waals surface area contributed by atoms with Crippen molar-refractivity contribution in [1.29, 1.82) is 0 Å². The van der Waals surface area contributed by atoms with Crippen LogP contribution < -0.4 is 5.32 Å². The van der Waals surface area contributed by atoms with Crippen molar-refractivity contribution < 1.29 is 9.21 Å². The number of nitrogens with zero attached hydrogens (tertiary/aromatic N) is 1. The molecule has 24 heavy (non-hydrogen) atoms. The number of carbonyl (C=O) groups is 1. The minimum atomic E-state index is 0.0747. The first-order chi connectivity index (χ1) is 11.6. The average Bonchev–Trinajstić information content (AvgIpc) is 3.15. The molecule has 1 atom stereocenters. The van der Waals surface area contributed by atoms with E-state index < -0.39 is 0 Å². The summed E-state index contributed by atoms with van der Waals surface area (Å²) in [4.78, 5) is 14.3. The fraction of sp³-hybridized carbons (Fsp3) is 0.450. The van der Waals surface area contributed by atoms with Gasteiger partial charge >= 0.3 is 0 Å². The summed E-state index contributed by atoms with van der Waals surface area (Å²) in [6.45, 7) is 6.09. The first kappa shape index (κ1) is 16.8. The van der Waals surface area contributed by atoms with Crippen molar-refractivity contribution in [2.75, 3.05) is 13.1 Å². The van der Waals surface area contributed by atoms with E-state index in [-0.39, 0.29) is 5.91 Å². The highest BCUT2D eigenvalue weighted by Crippen LogP contribution is 2.24. The van der Waals surface area contributed by atoms with Gasteiger partial charge in [0.25, 0.3) is 5.91 Å². The number of piperidine rings is 1. The normalized spacial score (nSPS) is 17.2. The molecule has 1 aliphatic heterocycles. The van der Waals surface area contributed by atoms with Crippen LogP contribution in [-0.2, 0) is 0 Å². The monoisotopic (exact) mass is 326 g/mol. The molecule has 1 aliphatic rings. The maximum Gasteiger partial charge on any atom is 0.257 e. The second kappa shape index (κ2) is 7.67. The Hall–Kier alpha value is -2.07. The number of likely N-dealkylation sites (tertiary alicyclic amines) is 1. The Bertz CT molecular complexity index is 629. The lowest BCUT2D eigenvalue weighted by molar-refractivity contribution is 0.0698. The molecular weight excluding hydrogens is 300 g/mol. The quantitative estimate of drug-likeness (QED) is 0.907. The van der Waals surface area contributed by atoms with Gasteiger partial charge in [-0.2, -0.15) is 0 Å². The van der Waals surface area contributed by atoms with Gasteiger partial charge in [0.15, 0.2) is 0 Å². The Morgan fingerprint density at radius 3 is 2.46 bits per heavy atom. The molecule has 3 rings (SSSR count). The third-order valence-corrected chi connectivity index (χ3v) is 4.79. The molecule has 4 heteroatoms. The van der Waals surface area contributed by atoms with Gasteiger partial charge in [0.2, 0.25) is 0 Å². The van der Waals surface area contributed by atoms with Crippen molar-refractivity contribution in [3.63, 3.8) is 0 Å². The van der Waals surface area contributed by atoms with E-state index in [1.807, 2.05) is 4.90 Å². The van der Waals surface area contributed by atoms with Crippen molar-refractivity contribution in [3.05, 3.63) is 60.1 Å². The minimum Gasteiger partial charge on any atom is -0.472 e. The average molecular weight is 326 g/mol. The van der Waals surface area contributed by atoms with E-state index in [4.69, 9.17) is 4.42 Å². The number of nitrogens with one attached hydrogen (secondary N) is 1. The Labute approximate surface area is 143 Å². The number of rotatable bonds is 5. The van der Waals surface area contributed by atoms with Crippen LogP contribution in [-0.4, -0.2) is 29.9 Å². The molecule has 0 saturated carbocycles. The molecule has 1 aromatic heterocycles. The van der Waals surface area contributed by atoms with E-state index in [9.17, 15) is 4.79 Å². The maximum absolute atomic E-state index is 12.4. The largest absolute Gasteiger partial charge is 0.472 e. The molecule has 2 heterocycles. The molecule has 0 bridgehead atoms. The van der Waals surface area contributed by atoms with Gasteiger partial charge in [0.05, 0.1) is 11.8 Å². The minimum absolute atomic E-state index is 0.0747. The standard InChI is InChI=1S/C20H26N2O2/c1-15(2)19(16-6-4-3-5-7-16)21-18-8-11-22(12-9-18)20(23)17-10-13-24-14-17/h3-7,10,13-15,18-19,21H,8-9,11-12H2,1-2H3/t19-/m1/s1. The van der Waals surface area contributed by atoms with Gasteiger partial charge in [0, 0.05) is 25.2 Å². The van der Waals surface area contributed by atoms with Crippen LogP contribution in [0.25, 0.3) is 0 Å². The molecule has 1 fully saturated rings. The van der Waals surface area contributed by atoms with Crippen LogP contribution >= 0.6 is 0 Å². The van der Waals surface area contributed by atoms with Gasteiger partial charge in [-0.1, -0.05) is 44.2 Å². The number of carbonyl (C=O) groups excluding carboxylic acids is 1. The molecule has 1 aromatic carbocycles. The predicted octanol–water partition coefficient (Wildman–Crippen LogP) is 3.87. The summed E-state index contributed by atoms with van der Waals surface area (Å²) >= 11 is 0. The summed E-state index contributed by atoms with van der Waals surface area (Å²) in [6, 6.07) is 13.2. The molecule has 4 nitrogen and oxygen atoms in total. The summed E-state index contributed by atoms with van der Waals surface area (Å²) in [5.41, 5.74) is 1.98. The summed E-state index contributed by atoms with van der Waals surface area (Å²) in [6.07, 6.45) is 5.05. The Balaban J connectivity index is 1.57. The molecule has 2 aromatic rings. The highest BCUT2D eigenvalue weighted by atomic mass is 16.3. The zero-order chi connectivity index (χ0) is 16.9. The third kappa shape index (κ3) is 3.88. The van der Waals surface area contributed by atoms with E-state index in [0.29, 0.717) is 23.6 Å². The van der Waals surface area contributed by atoms with E-state index in [1.165, 1.54) is 11.8 Å². The zero-order valence-electron chi connectivity index (χ0n) is 14.4. The lowest BCUT2D eigenvalue weighted by Crippen LogP contribution is -2.46. The van der Waals surface area contributed by atoms with Crippen LogP contribution in [0.5, 0.6) is 0 Å². The highest BCUT2D eigenvalue weighted by Gasteiger charge is 2.26. The van der Waals surface area contributed by atoms with Crippen molar-refractivity contribution in [2.45, 2.75) is 38.8 Å². The van der Waals surface area contributed by atoms with Gasteiger partial charge in [-0.25, -0.2) is 0 Å². The summed E-state index contributed by atoms with van der Waals surface area (Å²) < 4.78 is 5.02. The van der Waals surface area contributed by atoms with Gasteiger partial charge in [-0.05, 0) is 30.4 Å². The van der Waals surface area contributed by atoms with Gasteiger partial charge in [-0.15, -0.1) is 0 Å². The molecule has 0 unspecified atom stereocenters. The molecule has 1 N–H and O–H groups in total. The van der Waals surface area contributed by atoms with E-state index >= 15 is 0 Å². The fourth-order valence-corrected chi connectivity index (χ4v) is 3.41. The molecule has 1 amide bonds. The van der Waals surface area contributed by atoms with E-state index in [0.717, 1.165) is 25.9 Å². The number of hydrogen-bond donors (Lipinski definition) is 1. The summed E-state index contributed by atoms with van der Waals surface area (Å²) in [5, 5.41) is 3.81. The van der Waals surface area contributed by atoms with E-state index in [1.54, 1.807) is 12.3 Å². The van der Waals surface area contributed by atoms with Gasteiger partial charge in [0.1, 0.15) is 6.26 Å². The van der Waals surface area contributed by atoms with Crippen molar-refractivity contribution in [3.8, 4) is 0 Å². The van der Waals surface area contributed by atoms with Crippen LogP contribution in [0.4, 0.5) is 0 Å². The molecule has 0 aliphatic carbocycles. The van der Waals surface area contributed by atoms with Crippen LogP contribution in [0.15, 0.2) is 53.3 Å². The summed E-state index contributed by atoms with van der Waals surface area (Å²) in [5.74, 6) is 0.601.